The Hall–Kier alpha value is 0.540. The Morgan fingerprint density at radius 3 is 2.67 bits per heavy atom. The van der Waals surface area contributed by atoms with Crippen molar-refractivity contribution in [2.75, 3.05) is 19.6 Å². The summed E-state index contributed by atoms with van der Waals surface area (Å²) in [7, 11) is 1.68. The molecule has 0 heterocycles. The molecule has 1 atom stereocenters. The summed E-state index contributed by atoms with van der Waals surface area (Å²) in [5, 5.41) is 0.113. The van der Waals surface area contributed by atoms with Crippen molar-refractivity contribution in [3.63, 3.8) is 0 Å². The molecule has 0 aliphatic carbocycles. The summed E-state index contributed by atoms with van der Waals surface area (Å²) >= 11 is 11.2. The van der Waals surface area contributed by atoms with Crippen molar-refractivity contribution in [2.24, 2.45) is 0 Å². The molecule has 0 spiro atoms. The van der Waals surface area contributed by atoms with E-state index in [-0.39, 0.29) is 5.38 Å². The van der Waals surface area contributed by atoms with Gasteiger partial charge in [0.05, 0.1) is 0 Å². The molecule has 0 N–H and O–H groups in total. The molecule has 1 nitrogen and oxygen atoms in total. The number of alkyl halides is 2. The molecule has 9 heavy (non-hydrogen) atoms. The number of ether oxygens (including phenoxy) is 1. The van der Waals surface area contributed by atoms with E-state index in [1.165, 1.54) is 0 Å². The van der Waals surface area contributed by atoms with Gasteiger partial charge in [-0.2, -0.15) is 0 Å². The van der Waals surface area contributed by atoms with Gasteiger partial charge in [-0.25, -0.2) is 0 Å². The highest BCUT2D eigenvalue weighted by Crippen LogP contribution is 2.06. The first-order chi connectivity index (χ1) is 4.31. The average Bonchev–Trinajstić information content (AvgIpc) is 1.89. The van der Waals surface area contributed by atoms with Crippen LogP contribution in [0.25, 0.3) is 0 Å². The average molecular weight is 171 g/mol. The van der Waals surface area contributed by atoms with Crippen LogP contribution in [0.5, 0.6) is 0 Å². The molecule has 0 aromatic heterocycles. The maximum atomic E-state index is 5.71. The molecule has 0 saturated carbocycles. The van der Waals surface area contributed by atoms with Crippen LogP contribution in [0.3, 0.4) is 0 Å². The van der Waals surface area contributed by atoms with Crippen LogP contribution >= 0.6 is 23.2 Å². The number of rotatable bonds is 5. The summed E-state index contributed by atoms with van der Waals surface area (Å²) in [6, 6.07) is 0. The van der Waals surface area contributed by atoms with E-state index in [1.54, 1.807) is 7.11 Å². The Balaban J connectivity index is 2.88. The molecule has 0 bridgehead atoms. The summed E-state index contributed by atoms with van der Waals surface area (Å²) in [5.41, 5.74) is 0. The predicted molar refractivity (Wildman–Crippen MR) is 41.5 cm³/mol. The minimum atomic E-state index is 0.113. The van der Waals surface area contributed by atoms with Crippen molar-refractivity contribution in [3.8, 4) is 0 Å². The highest BCUT2D eigenvalue weighted by molar-refractivity contribution is 6.28. The standard InChI is InChI=1S/C6H12Cl2O/c1-9-4-2-3-6(8)5-7/h6H,2-5H2,1H3. The Morgan fingerprint density at radius 1 is 1.56 bits per heavy atom. The number of hydrogen-bond donors (Lipinski definition) is 0. The van der Waals surface area contributed by atoms with Crippen LogP contribution in [0.2, 0.25) is 0 Å². The first-order valence-corrected chi connectivity index (χ1v) is 3.97. The van der Waals surface area contributed by atoms with Gasteiger partial charge in [0, 0.05) is 25.0 Å². The van der Waals surface area contributed by atoms with Gasteiger partial charge in [-0.1, -0.05) is 0 Å². The zero-order chi connectivity index (χ0) is 7.11. The summed E-state index contributed by atoms with van der Waals surface area (Å²) in [6.07, 6.45) is 1.94. The van der Waals surface area contributed by atoms with Gasteiger partial charge in [0.1, 0.15) is 0 Å². The molecule has 0 fully saturated rings. The van der Waals surface area contributed by atoms with Crippen LogP contribution in [0.15, 0.2) is 0 Å². The van der Waals surface area contributed by atoms with E-state index in [1.807, 2.05) is 0 Å². The van der Waals surface area contributed by atoms with Gasteiger partial charge in [-0.3, -0.25) is 0 Å². The normalized spacial score (nSPS) is 13.7. The summed E-state index contributed by atoms with van der Waals surface area (Å²) in [4.78, 5) is 0. The molecule has 0 rings (SSSR count). The molecule has 0 aromatic rings. The molecule has 3 heteroatoms. The number of hydrogen-bond acceptors (Lipinski definition) is 1. The third-order valence-corrected chi connectivity index (χ3v) is 1.94. The zero-order valence-corrected chi connectivity index (χ0v) is 7.08. The summed E-state index contributed by atoms with van der Waals surface area (Å²) < 4.78 is 4.83. The van der Waals surface area contributed by atoms with Crippen molar-refractivity contribution in [3.05, 3.63) is 0 Å². The molecule has 0 aromatic carbocycles. The van der Waals surface area contributed by atoms with Crippen LogP contribution < -0.4 is 0 Å². The molecule has 1 unspecified atom stereocenters. The van der Waals surface area contributed by atoms with E-state index < -0.39 is 0 Å². The third-order valence-electron chi connectivity index (χ3n) is 1.03. The van der Waals surface area contributed by atoms with E-state index >= 15 is 0 Å². The first-order valence-electron chi connectivity index (χ1n) is 3.00. The van der Waals surface area contributed by atoms with Crippen molar-refractivity contribution in [1.29, 1.82) is 0 Å². The number of methoxy groups -OCH3 is 1. The van der Waals surface area contributed by atoms with Crippen LogP contribution in [0, 0.1) is 0 Å². The largest absolute Gasteiger partial charge is 0.385 e. The van der Waals surface area contributed by atoms with E-state index in [0.717, 1.165) is 19.4 Å². The molecular formula is C6H12Cl2O. The van der Waals surface area contributed by atoms with Gasteiger partial charge in [-0.05, 0) is 12.8 Å². The lowest BCUT2D eigenvalue weighted by molar-refractivity contribution is 0.193. The van der Waals surface area contributed by atoms with E-state index in [9.17, 15) is 0 Å². The highest BCUT2D eigenvalue weighted by atomic mass is 35.5. The van der Waals surface area contributed by atoms with Crippen LogP contribution in [-0.2, 0) is 4.74 Å². The highest BCUT2D eigenvalue weighted by Gasteiger charge is 1.99. The number of halogens is 2. The molecule has 0 aliphatic heterocycles. The first kappa shape index (κ1) is 9.54. The lowest BCUT2D eigenvalue weighted by Crippen LogP contribution is -2.01. The second-order valence-corrected chi connectivity index (χ2v) is 2.81. The summed E-state index contributed by atoms with van der Waals surface area (Å²) in [5.74, 6) is 0.533. The second-order valence-electron chi connectivity index (χ2n) is 1.89. The molecular weight excluding hydrogens is 159 g/mol. The molecule has 56 valence electrons. The van der Waals surface area contributed by atoms with Crippen LogP contribution in [0.1, 0.15) is 12.8 Å². The molecule has 0 aliphatic rings. The van der Waals surface area contributed by atoms with Gasteiger partial charge in [0.15, 0.2) is 0 Å². The fraction of sp³-hybridized carbons (Fsp3) is 1.00. The maximum absolute atomic E-state index is 5.71. The Bertz CT molecular complexity index is 59.0. The monoisotopic (exact) mass is 170 g/mol. The predicted octanol–water partition coefficient (Wildman–Crippen LogP) is 2.26. The smallest absolute Gasteiger partial charge is 0.0472 e. The van der Waals surface area contributed by atoms with E-state index in [2.05, 4.69) is 0 Å². The van der Waals surface area contributed by atoms with E-state index in [4.69, 9.17) is 27.9 Å². The third kappa shape index (κ3) is 6.42. The van der Waals surface area contributed by atoms with E-state index in [0.29, 0.717) is 5.88 Å². The summed E-state index contributed by atoms with van der Waals surface area (Å²) in [6.45, 7) is 0.778. The topological polar surface area (TPSA) is 9.23 Å². The van der Waals surface area contributed by atoms with Crippen molar-refractivity contribution in [2.45, 2.75) is 18.2 Å². The minimum Gasteiger partial charge on any atom is -0.385 e. The fourth-order valence-corrected chi connectivity index (χ4v) is 0.835. The lowest BCUT2D eigenvalue weighted by Gasteiger charge is -2.02. The van der Waals surface area contributed by atoms with Gasteiger partial charge in [0.25, 0.3) is 0 Å². The fourth-order valence-electron chi connectivity index (χ4n) is 0.526. The van der Waals surface area contributed by atoms with Gasteiger partial charge < -0.3 is 4.74 Å². The van der Waals surface area contributed by atoms with Gasteiger partial charge >= 0.3 is 0 Å². The minimum absolute atomic E-state index is 0.113. The zero-order valence-electron chi connectivity index (χ0n) is 5.57. The van der Waals surface area contributed by atoms with Crippen LogP contribution in [-0.4, -0.2) is 25.0 Å². The second kappa shape index (κ2) is 6.66. The van der Waals surface area contributed by atoms with Gasteiger partial charge in [0.2, 0.25) is 0 Å². The van der Waals surface area contributed by atoms with Crippen molar-refractivity contribution in [1.82, 2.24) is 0 Å². The quantitative estimate of drug-likeness (QED) is 0.455. The Kier molecular flexibility index (Phi) is 7.06. The van der Waals surface area contributed by atoms with Crippen LogP contribution in [0.4, 0.5) is 0 Å². The van der Waals surface area contributed by atoms with Crippen molar-refractivity contribution >= 4 is 23.2 Å². The molecule has 0 saturated heterocycles. The van der Waals surface area contributed by atoms with Gasteiger partial charge in [-0.15, -0.1) is 23.2 Å². The molecule has 0 amide bonds. The Labute approximate surface area is 66.3 Å². The lowest BCUT2D eigenvalue weighted by atomic mass is 10.2. The SMILES string of the molecule is COCCCC(Cl)CCl. The maximum Gasteiger partial charge on any atom is 0.0472 e. The molecule has 0 radical (unpaired) electrons. The van der Waals surface area contributed by atoms with Crippen molar-refractivity contribution < 1.29 is 4.74 Å². The Morgan fingerprint density at radius 2 is 2.22 bits per heavy atom.